The maximum absolute atomic E-state index is 6.19. The zero-order chi connectivity index (χ0) is 15.0. The average Bonchev–Trinajstić information content (AvgIpc) is 2.49. The van der Waals surface area contributed by atoms with Crippen LogP contribution in [0.25, 0.3) is 0 Å². The van der Waals surface area contributed by atoms with Gasteiger partial charge >= 0.3 is 0 Å². The number of methoxy groups -OCH3 is 2. The van der Waals surface area contributed by atoms with Gasteiger partial charge in [-0.05, 0) is 23.8 Å². The molecule has 1 unspecified atom stereocenters. The summed E-state index contributed by atoms with van der Waals surface area (Å²) < 4.78 is 12.0. The Morgan fingerprint density at radius 3 is 2.67 bits per heavy atom. The third-order valence-corrected chi connectivity index (χ3v) is 5.51. The van der Waals surface area contributed by atoms with Crippen molar-refractivity contribution in [3.05, 3.63) is 35.9 Å². The van der Waals surface area contributed by atoms with Gasteiger partial charge in [-0.25, -0.2) is 0 Å². The maximum Gasteiger partial charge on any atom is 0.161 e. The topological polar surface area (TPSA) is 18.5 Å². The molecule has 0 bridgehead atoms. The number of hydrogen-bond acceptors (Lipinski definition) is 2. The largest absolute Gasteiger partial charge is 0.493 e. The van der Waals surface area contributed by atoms with E-state index in [4.69, 9.17) is 21.1 Å². The van der Waals surface area contributed by atoms with Crippen LogP contribution in [0.3, 0.4) is 0 Å². The van der Waals surface area contributed by atoms with Crippen molar-refractivity contribution >= 4 is 11.6 Å². The van der Waals surface area contributed by atoms with E-state index in [0.29, 0.717) is 12.0 Å². The Balaban J connectivity index is 2.05. The zero-order valence-electron chi connectivity index (χ0n) is 12.8. The first-order valence-electron chi connectivity index (χ1n) is 7.46. The summed E-state index contributed by atoms with van der Waals surface area (Å²) in [5, 5.41) is 0. The Morgan fingerprint density at radius 2 is 2.05 bits per heavy atom. The lowest BCUT2D eigenvalue weighted by Crippen LogP contribution is -2.68. The van der Waals surface area contributed by atoms with E-state index in [-0.39, 0.29) is 0 Å². The molecule has 3 nitrogen and oxygen atoms in total. The molecule has 2 aliphatic heterocycles. The fourth-order valence-corrected chi connectivity index (χ4v) is 4.48. The van der Waals surface area contributed by atoms with Crippen LogP contribution in [0.2, 0.25) is 0 Å². The van der Waals surface area contributed by atoms with Crippen molar-refractivity contribution < 1.29 is 14.0 Å². The molecule has 2 aliphatic rings. The number of rotatable bonds is 5. The maximum atomic E-state index is 6.19. The van der Waals surface area contributed by atoms with Crippen molar-refractivity contribution in [3.8, 4) is 11.5 Å². The minimum absolute atomic E-state index is 0.476. The predicted molar refractivity (Wildman–Crippen MR) is 85.3 cm³/mol. The highest BCUT2D eigenvalue weighted by atomic mass is 35.5. The quantitative estimate of drug-likeness (QED) is 0.472. The van der Waals surface area contributed by atoms with Crippen LogP contribution in [0.1, 0.15) is 17.2 Å². The molecule has 0 radical (unpaired) electrons. The van der Waals surface area contributed by atoms with Crippen molar-refractivity contribution in [2.45, 2.75) is 12.5 Å². The van der Waals surface area contributed by atoms with Gasteiger partial charge in [-0.3, -0.25) is 0 Å². The van der Waals surface area contributed by atoms with Crippen LogP contribution in [-0.4, -0.2) is 44.2 Å². The Kier molecular flexibility index (Phi) is 3.89. The van der Waals surface area contributed by atoms with Crippen LogP contribution in [0, 0.1) is 5.92 Å². The second-order valence-corrected chi connectivity index (χ2v) is 6.42. The molecule has 1 saturated heterocycles. The lowest BCUT2D eigenvalue weighted by Gasteiger charge is -2.59. The van der Waals surface area contributed by atoms with E-state index in [0.717, 1.165) is 47.9 Å². The molecule has 21 heavy (non-hydrogen) atoms. The molecule has 2 heterocycles. The van der Waals surface area contributed by atoms with E-state index >= 15 is 0 Å². The average molecular weight is 309 g/mol. The highest BCUT2D eigenvalue weighted by Gasteiger charge is 2.56. The van der Waals surface area contributed by atoms with E-state index in [1.165, 1.54) is 11.1 Å². The highest BCUT2D eigenvalue weighted by molar-refractivity contribution is 6.18. The van der Waals surface area contributed by atoms with Crippen LogP contribution in [-0.2, 0) is 6.42 Å². The fraction of sp³-hybridized carbons (Fsp3) is 0.529. The summed E-state index contributed by atoms with van der Waals surface area (Å²) in [6.45, 7) is 7.28. The van der Waals surface area contributed by atoms with Gasteiger partial charge in [0.1, 0.15) is 6.04 Å². The number of ether oxygens (including phenoxy) is 2. The van der Waals surface area contributed by atoms with Crippen molar-refractivity contribution in [2.24, 2.45) is 5.92 Å². The van der Waals surface area contributed by atoms with E-state index in [1.807, 2.05) is 6.08 Å². The molecule has 0 amide bonds. The second kappa shape index (κ2) is 5.54. The van der Waals surface area contributed by atoms with Crippen LogP contribution in [0.4, 0.5) is 0 Å². The monoisotopic (exact) mass is 308 g/mol. The van der Waals surface area contributed by atoms with E-state index in [2.05, 4.69) is 18.7 Å². The first kappa shape index (κ1) is 14.7. The first-order chi connectivity index (χ1) is 10.2. The number of quaternary nitrogens is 1. The number of fused-ring (bicyclic) bond motifs is 3. The minimum atomic E-state index is 0.476. The summed E-state index contributed by atoms with van der Waals surface area (Å²) >= 11 is 6.19. The van der Waals surface area contributed by atoms with E-state index < -0.39 is 0 Å². The summed E-state index contributed by atoms with van der Waals surface area (Å²) in [7, 11) is 3.38. The molecule has 1 fully saturated rings. The highest BCUT2D eigenvalue weighted by Crippen LogP contribution is 2.52. The molecule has 3 atom stereocenters. The zero-order valence-corrected chi connectivity index (χ0v) is 13.5. The van der Waals surface area contributed by atoms with Crippen LogP contribution in [0.5, 0.6) is 11.5 Å². The lowest BCUT2D eigenvalue weighted by molar-refractivity contribution is -1.00. The van der Waals surface area contributed by atoms with E-state index in [1.54, 1.807) is 14.2 Å². The van der Waals surface area contributed by atoms with E-state index in [9.17, 15) is 0 Å². The Bertz CT molecular complexity index is 560. The standard InChI is InChI=1S/C17H23ClNO2/c1-4-6-19-7-5-12-8-15(20-2)16(21-3)9-14(12)17(19)13(10-18)11-19/h4,8-9,13,17H,1,5-7,10-11H2,2-3H3/q+1/t13-,17-,19?/m1/s1. The van der Waals surface area contributed by atoms with Crippen molar-refractivity contribution in [1.29, 1.82) is 0 Å². The molecule has 1 aromatic rings. The Morgan fingerprint density at radius 1 is 1.33 bits per heavy atom. The minimum Gasteiger partial charge on any atom is -0.493 e. The van der Waals surface area contributed by atoms with Crippen LogP contribution in [0.15, 0.2) is 24.8 Å². The third-order valence-electron chi connectivity index (χ3n) is 5.12. The number of alkyl halides is 1. The van der Waals surface area contributed by atoms with Gasteiger partial charge in [0.15, 0.2) is 11.5 Å². The molecular weight excluding hydrogens is 286 g/mol. The number of hydrogen-bond donors (Lipinski definition) is 0. The van der Waals surface area contributed by atoms with Crippen molar-refractivity contribution in [3.63, 3.8) is 0 Å². The summed E-state index contributed by atoms with van der Waals surface area (Å²) in [6.07, 6.45) is 3.12. The SMILES string of the molecule is C=CC[N+]12CCc3cc(OC)c(OC)cc3[C@H]1[C@H](CCl)C2. The van der Waals surface area contributed by atoms with Crippen molar-refractivity contribution in [2.75, 3.05) is 39.7 Å². The van der Waals surface area contributed by atoms with Crippen molar-refractivity contribution in [1.82, 2.24) is 0 Å². The Labute approximate surface area is 131 Å². The number of benzene rings is 1. The normalized spacial score (nSPS) is 29.9. The smallest absolute Gasteiger partial charge is 0.161 e. The lowest BCUT2D eigenvalue weighted by atomic mass is 9.75. The van der Waals surface area contributed by atoms with Crippen LogP contribution >= 0.6 is 11.6 Å². The fourth-order valence-electron chi connectivity index (χ4n) is 4.21. The molecule has 0 spiro atoms. The molecule has 0 aromatic heterocycles. The summed E-state index contributed by atoms with van der Waals surface area (Å²) in [5.74, 6) is 2.90. The summed E-state index contributed by atoms with van der Waals surface area (Å²) in [5.41, 5.74) is 2.77. The van der Waals surface area contributed by atoms with Gasteiger partial charge in [-0.1, -0.05) is 6.58 Å². The van der Waals surface area contributed by atoms with Gasteiger partial charge in [-0.15, -0.1) is 11.6 Å². The van der Waals surface area contributed by atoms with Crippen LogP contribution < -0.4 is 9.47 Å². The molecule has 114 valence electrons. The molecule has 0 aliphatic carbocycles. The molecule has 4 heteroatoms. The van der Waals surface area contributed by atoms with Gasteiger partial charge < -0.3 is 14.0 Å². The molecule has 3 rings (SSSR count). The molecule has 0 N–H and O–H groups in total. The number of nitrogens with zero attached hydrogens (tertiary/aromatic N) is 1. The number of halogens is 1. The van der Waals surface area contributed by atoms with Gasteiger partial charge in [0, 0.05) is 17.9 Å². The third kappa shape index (κ3) is 2.14. The molecular formula is C17H23ClNO2+. The molecule has 0 saturated carbocycles. The van der Waals surface area contributed by atoms with Gasteiger partial charge in [0.2, 0.25) is 0 Å². The van der Waals surface area contributed by atoms with Gasteiger partial charge in [0.25, 0.3) is 0 Å². The predicted octanol–water partition coefficient (Wildman–Crippen LogP) is 3.17. The molecule has 1 aromatic carbocycles. The second-order valence-electron chi connectivity index (χ2n) is 6.11. The first-order valence-corrected chi connectivity index (χ1v) is 8.00. The Hall–Kier alpha value is -1.19. The summed E-state index contributed by atoms with van der Waals surface area (Å²) in [4.78, 5) is 0. The summed E-state index contributed by atoms with van der Waals surface area (Å²) in [6, 6.07) is 4.77. The van der Waals surface area contributed by atoms with Gasteiger partial charge in [-0.2, -0.15) is 0 Å². The van der Waals surface area contributed by atoms with Gasteiger partial charge in [0.05, 0.1) is 39.8 Å².